The lowest BCUT2D eigenvalue weighted by Gasteiger charge is -2.33. The lowest BCUT2D eigenvalue weighted by Crippen LogP contribution is -2.41. The first-order chi connectivity index (χ1) is 16.6. The third kappa shape index (κ3) is 4.41. The molecule has 2 aromatic carbocycles. The summed E-state index contributed by atoms with van der Waals surface area (Å²) >= 11 is 5.79. The minimum atomic E-state index is -0.000683. The van der Waals surface area contributed by atoms with Crippen molar-refractivity contribution in [2.24, 2.45) is 0 Å². The van der Waals surface area contributed by atoms with E-state index in [4.69, 9.17) is 27.2 Å². The molecule has 1 saturated heterocycles. The number of alkyl halides is 1. The summed E-state index contributed by atoms with van der Waals surface area (Å²) < 4.78 is 7.81. The molecule has 0 spiro atoms. The van der Waals surface area contributed by atoms with E-state index in [-0.39, 0.29) is 11.9 Å². The average molecular weight is 477 g/mol. The molecular formula is C25H25ClN6O2. The van der Waals surface area contributed by atoms with Crippen molar-refractivity contribution in [3.8, 4) is 22.8 Å². The van der Waals surface area contributed by atoms with Gasteiger partial charge in [0.15, 0.2) is 5.65 Å². The van der Waals surface area contributed by atoms with Crippen LogP contribution in [0.15, 0.2) is 60.9 Å². The van der Waals surface area contributed by atoms with Crippen LogP contribution in [-0.2, 0) is 4.79 Å². The maximum Gasteiger partial charge on any atom is 0.223 e. The predicted molar refractivity (Wildman–Crippen MR) is 132 cm³/mol. The van der Waals surface area contributed by atoms with Gasteiger partial charge >= 0.3 is 0 Å². The number of rotatable bonds is 6. The van der Waals surface area contributed by atoms with Crippen LogP contribution in [0.5, 0.6) is 11.5 Å². The number of fused-ring (bicyclic) bond motifs is 1. The van der Waals surface area contributed by atoms with Crippen LogP contribution in [0.4, 0.5) is 5.82 Å². The molecule has 1 aliphatic rings. The van der Waals surface area contributed by atoms with Crippen molar-refractivity contribution in [2.75, 3.05) is 24.7 Å². The quantitative estimate of drug-likeness (QED) is 0.406. The van der Waals surface area contributed by atoms with Crippen molar-refractivity contribution in [1.29, 1.82) is 0 Å². The highest BCUT2D eigenvalue weighted by atomic mass is 35.5. The van der Waals surface area contributed by atoms with Crippen LogP contribution in [0.25, 0.3) is 22.3 Å². The van der Waals surface area contributed by atoms with Crippen molar-refractivity contribution >= 4 is 34.4 Å². The fourth-order valence-corrected chi connectivity index (χ4v) is 4.54. The number of piperidine rings is 1. The van der Waals surface area contributed by atoms with E-state index < -0.39 is 0 Å². The van der Waals surface area contributed by atoms with E-state index in [0.29, 0.717) is 41.4 Å². The second kappa shape index (κ2) is 9.69. The molecule has 2 aromatic heterocycles. The van der Waals surface area contributed by atoms with Gasteiger partial charge in [-0.25, -0.2) is 14.6 Å². The van der Waals surface area contributed by atoms with Gasteiger partial charge in [0.2, 0.25) is 5.91 Å². The Balaban J connectivity index is 1.47. The minimum Gasteiger partial charge on any atom is -0.457 e. The van der Waals surface area contributed by atoms with Crippen molar-refractivity contribution in [3.63, 3.8) is 0 Å². The molecule has 34 heavy (non-hydrogen) atoms. The summed E-state index contributed by atoms with van der Waals surface area (Å²) in [5.41, 5.74) is 8.54. The van der Waals surface area contributed by atoms with Gasteiger partial charge < -0.3 is 15.4 Å². The molecule has 1 unspecified atom stereocenters. The number of likely N-dealkylation sites (tertiary alicyclic amines) is 1. The SMILES string of the molecule is Nc1ncnc2c1c(-c1ccc(Oc3ccccc3)cc1)nn2C1CCCN(C(=O)CCCl)C1. The highest BCUT2D eigenvalue weighted by Gasteiger charge is 2.28. The number of ether oxygens (including phenoxy) is 1. The van der Waals surface area contributed by atoms with E-state index in [9.17, 15) is 4.79 Å². The number of nitrogen functional groups attached to an aromatic ring is 1. The van der Waals surface area contributed by atoms with Gasteiger partial charge in [-0.3, -0.25) is 4.79 Å². The fourth-order valence-electron chi connectivity index (χ4n) is 4.38. The number of nitrogens with zero attached hydrogens (tertiary/aromatic N) is 5. The van der Waals surface area contributed by atoms with Crippen LogP contribution in [-0.4, -0.2) is 49.5 Å². The average Bonchev–Trinajstić information content (AvgIpc) is 3.26. The number of nitrogens with two attached hydrogens (primary N) is 1. The first-order valence-corrected chi connectivity index (χ1v) is 11.8. The maximum absolute atomic E-state index is 12.4. The molecule has 0 aliphatic carbocycles. The number of hydrogen-bond acceptors (Lipinski definition) is 6. The third-order valence-corrected chi connectivity index (χ3v) is 6.22. The summed E-state index contributed by atoms with van der Waals surface area (Å²) in [5, 5.41) is 5.64. The monoisotopic (exact) mass is 476 g/mol. The molecule has 9 heteroatoms. The number of carbonyl (C=O) groups is 1. The Morgan fingerprint density at radius 1 is 1.09 bits per heavy atom. The van der Waals surface area contributed by atoms with Crippen LogP contribution < -0.4 is 10.5 Å². The van der Waals surface area contributed by atoms with Crippen LogP contribution >= 0.6 is 11.6 Å². The summed E-state index contributed by atoms with van der Waals surface area (Å²) in [5.74, 6) is 2.26. The number of halogens is 1. The largest absolute Gasteiger partial charge is 0.457 e. The zero-order valence-electron chi connectivity index (χ0n) is 18.6. The molecule has 1 amide bonds. The number of anilines is 1. The number of hydrogen-bond donors (Lipinski definition) is 1. The van der Waals surface area contributed by atoms with E-state index in [0.717, 1.165) is 36.4 Å². The Kier molecular flexibility index (Phi) is 6.31. The van der Waals surface area contributed by atoms with E-state index in [2.05, 4.69) is 9.97 Å². The molecule has 4 aromatic rings. The first-order valence-electron chi connectivity index (χ1n) is 11.3. The molecule has 8 nitrogen and oxygen atoms in total. The number of aromatic nitrogens is 4. The van der Waals surface area contributed by atoms with Gasteiger partial charge in [0.05, 0.1) is 11.4 Å². The Labute approximate surface area is 202 Å². The Morgan fingerprint density at radius 2 is 1.85 bits per heavy atom. The van der Waals surface area contributed by atoms with Crippen LogP contribution in [0.3, 0.4) is 0 Å². The minimum absolute atomic E-state index is 0.000683. The van der Waals surface area contributed by atoms with E-state index in [1.807, 2.05) is 64.2 Å². The van der Waals surface area contributed by atoms with Crippen LogP contribution in [0.1, 0.15) is 25.3 Å². The van der Waals surface area contributed by atoms with Crippen molar-refractivity contribution in [3.05, 3.63) is 60.9 Å². The molecule has 0 bridgehead atoms. The van der Waals surface area contributed by atoms with Crippen LogP contribution in [0, 0.1) is 0 Å². The molecule has 0 saturated carbocycles. The summed E-state index contributed by atoms with van der Waals surface area (Å²) in [7, 11) is 0. The lowest BCUT2D eigenvalue weighted by atomic mass is 10.1. The number of benzene rings is 2. The van der Waals surface area contributed by atoms with E-state index in [1.165, 1.54) is 6.33 Å². The second-order valence-electron chi connectivity index (χ2n) is 8.26. The number of carbonyl (C=O) groups excluding carboxylic acids is 1. The maximum atomic E-state index is 12.4. The van der Waals surface area contributed by atoms with Crippen LogP contribution in [0.2, 0.25) is 0 Å². The molecule has 1 fully saturated rings. The summed E-state index contributed by atoms with van der Waals surface area (Å²) in [6, 6.07) is 17.3. The Morgan fingerprint density at radius 3 is 2.62 bits per heavy atom. The highest BCUT2D eigenvalue weighted by molar-refractivity contribution is 6.18. The molecule has 2 N–H and O–H groups in total. The first kappa shape index (κ1) is 22.2. The topological polar surface area (TPSA) is 99.2 Å². The molecule has 5 rings (SSSR count). The van der Waals surface area contributed by atoms with E-state index in [1.54, 1.807) is 0 Å². The van der Waals surface area contributed by atoms with Crippen molar-refractivity contribution in [2.45, 2.75) is 25.3 Å². The van der Waals surface area contributed by atoms with Gasteiger partial charge in [-0.15, -0.1) is 11.6 Å². The summed E-state index contributed by atoms with van der Waals surface area (Å²) in [6.07, 6.45) is 3.58. The fraction of sp³-hybridized carbons (Fsp3) is 0.280. The number of para-hydroxylation sites is 1. The smallest absolute Gasteiger partial charge is 0.223 e. The third-order valence-electron chi connectivity index (χ3n) is 6.03. The van der Waals surface area contributed by atoms with Gasteiger partial charge in [-0.05, 0) is 49.2 Å². The molecule has 0 radical (unpaired) electrons. The molecule has 1 atom stereocenters. The Bertz CT molecular complexity index is 1290. The van der Waals surface area contributed by atoms with Gasteiger partial charge in [0.1, 0.15) is 29.3 Å². The van der Waals surface area contributed by atoms with Crippen molar-refractivity contribution in [1.82, 2.24) is 24.6 Å². The standard InChI is InChI=1S/C25H25ClN6O2/c26-13-12-21(33)31-14-4-5-18(15-31)32-25-22(24(27)28-16-29-25)23(30-32)17-8-10-20(11-9-17)34-19-6-2-1-3-7-19/h1-3,6-11,16,18H,4-5,12-15H2,(H2,27,28,29). The second-order valence-corrected chi connectivity index (χ2v) is 8.64. The Hall–Kier alpha value is -3.65. The molecular weight excluding hydrogens is 452 g/mol. The van der Waals surface area contributed by atoms with Gasteiger partial charge in [0, 0.05) is 31.0 Å². The van der Waals surface area contributed by atoms with Gasteiger partial charge in [0.25, 0.3) is 0 Å². The van der Waals surface area contributed by atoms with Crippen molar-refractivity contribution < 1.29 is 9.53 Å². The zero-order chi connectivity index (χ0) is 23.5. The van der Waals surface area contributed by atoms with Gasteiger partial charge in [-0.1, -0.05) is 18.2 Å². The predicted octanol–water partition coefficient (Wildman–Crippen LogP) is 4.66. The van der Waals surface area contributed by atoms with Gasteiger partial charge in [-0.2, -0.15) is 5.10 Å². The highest BCUT2D eigenvalue weighted by Crippen LogP contribution is 2.34. The van der Waals surface area contributed by atoms with E-state index >= 15 is 0 Å². The molecule has 174 valence electrons. The molecule has 1 aliphatic heterocycles. The zero-order valence-corrected chi connectivity index (χ0v) is 19.4. The molecule has 3 heterocycles. The number of amides is 1. The summed E-state index contributed by atoms with van der Waals surface area (Å²) in [6.45, 7) is 1.30. The summed E-state index contributed by atoms with van der Waals surface area (Å²) in [4.78, 5) is 23.0. The lowest BCUT2D eigenvalue weighted by molar-refractivity contribution is -0.132. The normalized spacial score (nSPS) is 16.0.